The van der Waals surface area contributed by atoms with Crippen LogP contribution in [0.4, 0.5) is 5.69 Å². The first-order valence-electron chi connectivity index (χ1n) is 6.65. The summed E-state index contributed by atoms with van der Waals surface area (Å²) < 4.78 is 0.958. The summed E-state index contributed by atoms with van der Waals surface area (Å²) in [4.78, 5) is 12.5. The summed E-state index contributed by atoms with van der Waals surface area (Å²) in [6.07, 6.45) is 5.34. The molecule has 98 valence electrons. The first kappa shape index (κ1) is 13.6. The Morgan fingerprint density at radius 1 is 1.39 bits per heavy atom. The molecule has 0 atom stereocenters. The lowest BCUT2D eigenvalue weighted by Gasteiger charge is -2.26. The molecule has 1 amide bonds. The van der Waals surface area contributed by atoms with Crippen molar-refractivity contribution in [1.82, 2.24) is 0 Å². The largest absolute Gasteiger partial charge is 0.325 e. The monoisotopic (exact) mass is 309 g/mol. The maximum atomic E-state index is 12.5. The molecule has 0 heterocycles. The van der Waals surface area contributed by atoms with Crippen LogP contribution in [0.15, 0.2) is 22.7 Å². The second-order valence-electron chi connectivity index (χ2n) is 5.28. The lowest BCUT2D eigenvalue weighted by molar-refractivity contribution is -0.125. The smallest absolute Gasteiger partial charge is 0.230 e. The zero-order chi connectivity index (χ0) is 13.2. The zero-order valence-electron chi connectivity index (χ0n) is 11.1. The predicted octanol–water partition coefficient (Wildman–Crippen LogP) is 4.67. The van der Waals surface area contributed by atoms with E-state index < -0.39 is 0 Å². The molecule has 1 aliphatic carbocycles. The quantitative estimate of drug-likeness (QED) is 0.864. The molecule has 3 heteroatoms. The molecule has 1 aromatic carbocycles. The highest BCUT2D eigenvalue weighted by molar-refractivity contribution is 9.10. The number of benzene rings is 1. The van der Waals surface area contributed by atoms with E-state index >= 15 is 0 Å². The van der Waals surface area contributed by atoms with Gasteiger partial charge in [-0.1, -0.05) is 25.8 Å². The molecule has 0 saturated heterocycles. The van der Waals surface area contributed by atoms with Gasteiger partial charge >= 0.3 is 0 Å². The molecule has 0 unspecified atom stereocenters. The third-order valence-corrected chi connectivity index (χ3v) is 4.75. The Morgan fingerprint density at radius 2 is 2.06 bits per heavy atom. The van der Waals surface area contributed by atoms with Crippen LogP contribution in [-0.4, -0.2) is 5.91 Å². The highest BCUT2D eigenvalue weighted by Gasteiger charge is 2.39. The Bertz CT molecular complexity index is 450. The van der Waals surface area contributed by atoms with E-state index in [0.29, 0.717) is 0 Å². The first-order valence-corrected chi connectivity index (χ1v) is 7.44. The summed E-state index contributed by atoms with van der Waals surface area (Å²) in [5.41, 5.74) is 1.93. The van der Waals surface area contributed by atoms with Crippen molar-refractivity contribution in [1.29, 1.82) is 0 Å². The van der Waals surface area contributed by atoms with Gasteiger partial charge < -0.3 is 5.32 Å². The van der Waals surface area contributed by atoms with E-state index in [-0.39, 0.29) is 11.3 Å². The molecule has 0 radical (unpaired) electrons. The van der Waals surface area contributed by atoms with Crippen molar-refractivity contribution < 1.29 is 4.79 Å². The number of aryl methyl sites for hydroxylation is 1. The lowest BCUT2D eigenvalue weighted by Crippen LogP contribution is -2.33. The van der Waals surface area contributed by atoms with Gasteiger partial charge in [0, 0.05) is 9.89 Å². The molecular formula is C15H20BrNO. The second-order valence-corrected chi connectivity index (χ2v) is 6.13. The Labute approximate surface area is 117 Å². The molecule has 0 bridgehead atoms. The summed E-state index contributed by atoms with van der Waals surface area (Å²) in [6, 6.07) is 6.02. The van der Waals surface area contributed by atoms with Crippen molar-refractivity contribution in [2.45, 2.75) is 46.0 Å². The molecule has 1 N–H and O–H groups in total. The van der Waals surface area contributed by atoms with Crippen LogP contribution < -0.4 is 5.32 Å². The molecule has 1 aliphatic rings. The van der Waals surface area contributed by atoms with Crippen LogP contribution in [0.1, 0.15) is 44.6 Å². The SMILES string of the molecule is CCC1(C(=O)Nc2ccc(C)cc2Br)CCCC1. The van der Waals surface area contributed by atoms with Crippen LogP contribution in [0.3, 0.4) is 0 Å². The van der Waals surface area contributed by atoms with Crippen LogP contribution in [0.25, 0.3) is 0 Å². The Hall–Kier alpha value is -0.830. The third-order valence-electron chi connectivity index (χ3n) is 4.09. The van der Waals surface area contributed by atoms with Gasteiger partial charge in [-0.15, -0.1) is 0 Å². The maximum Gasteiger partial charge on any atom is 0.230 e. The van der Waals surface area contributed by atoms with Crippen molar-refractivity contribution in [3.63, 3.8) is 0 Å². The van der Waals surface area contributed by atoms with Gasteiger partial charge in [-0.05, 0) is 59.8 Å². The second kappa shape index (κ2) is 5.43. The number of anilines is 1. The minimum absolute atomic E-state index is 0.135. The highest BCUT2D eigenvalue weighted by Crippen LogP contribution is 2.42. The van der Waals surface area contributed by atoms with Crippen molar-refractivity contribution >= 4 is 27.5 Å². The first-order chi connectivity index (χ1) is 8.57. The van der Waals surface area contributed by atoms with E-state index in [2.05, 4.69) is 28.2 Å². The summed E-state index contributed by atoms with van der Waals surface area (Å²) in [7, 11) is 0. The van der Waals surface area contributed by atoms with Crippen LogP contribution >= 0.6 is 15.9 Å². The van der Waals surface area contributed by atoms with E-state index in [0.717, 1.165) is 29.4 Å². The van der Waals surface area contributed by atoms with Gasteiger partial charge in [0.1, 0.15) is 0 Å². The minimum Gasteiger partial charge on any atom is -0.325 e. The molecule has 0 aliphatic heterocycles. The zero-order valence-corrected chi connectivity index (χ0v) is 12.6. The summed E-state index contributed by atoms with van der Waals surface area (Å²) >= 11 is 3.51. The number of nitrogens with one attached hydrogen (secondary N) is 1. The van der Waals surface area contributed by atoms with E-state index in [9.17, 15) is 4.79 Å². The highest BCUT2D eigenvalue weighted by atomic mass is 79.9. The minimum atomic E-state index is -0.135. The van der Waals surface area contributed by atoms with Crippen molar-refractivity contribution in [3.05, 3.63) is 28.2 Å². The lowest BCUT2D eigenvalue weighted by atomic mass is 9.82. The van der Waals surface area contributed by atoms with Crippen molar-refractivity contribution in [3.8, 4) is 0 Å². The Kier molecular flexibility index (Phi) is 4.10. The van der Waals surface area contributed by atoms with Gasteiger partial charge in [0.05, 0.1) is 5.69 Å². The van der Waals surface area contributed by atoms with E-state index in [1.54, 1.807) is 0 Å². The van der Waals surface area contributed by atoms with Crippen LogP contribution in [0.5, 0.6) is 0 Å². The summed E-state index contributed by atoms with van der Waals surface area (Å²) in [5.74, 6) is 0.187. The fourth-order valence-electron chi connectivity index (χ4n) is 2.77. The average Bonchev–Trinajstić information content (AvgIpc) is 2.82. The number of hydrogen-bond donors (Lipinski definition) is 1. The predicted molar refractivity (Wildman–Crippen MR) is 78.7 cm³/mol. The maximum absolute atomic E-state index is 12.5. The molecule has 1 aromatic rings. The summed E-state index contributed by atoms with van der Waals surface area (Å²) in [6.45, 7) is 4.16. The molecule has 1 fully saturated rings. The van der Waals surface area contributed by atoms with Gasteiger partial charge in [0.15, 0.2) is 0 Å². The molecule has 18 heavy (non-hydrogen) atoms. The van der Waals surface area contributed by atoms with Crippen LogP contribution in [0, 0.1) is 12.3 Å². The van der Waals surface area contributed by atoms with Gasteiger partial charge in [-0.3, -0.25) is 4.79 Å². The van der Waals surface area contributed by atoms with Gasteiger partial charge in [-0.25, -0.2) is 0 Å². The number of hydrogen-bond acceptors (Lipinski definition) is 1. The average molecular weight is 310 g/mol. The number of halogens is 1. The third kappa shape index (κ3) is 2.61. The molecular weight excluding hydrogens is 290 g/mol. The molecule has 1 saturated carbocycles. The van der Waals surface area contributed by atoms with Crippen molar-refractivity contribution in [2.24, 2.45) is 5.41 Å². The molecule has 2 rings (SSSR count). The fraction of sp³-hybridized carbons (Fsp3) is 0.533. The Balaban J connectivity index is 2.15. The normalized spacial score (nSPS) is 17.7. The molecule has 0 spiro atoms. The molecule has 0 aromatic heterocycles. The number of carbonyl (C=O) groups excluding carboxylic acids is 1. The van der Waals surface area contributed by atoms with Gasteiger partial charge in [0.2, 0.25) is 5.91 Å². The topological polar surface area (TPSA) is 29.1 Å². The van der Waals surface area contributed by atoms with E-state index in [4.69, 9.17) is 0 Å². The fourth-order valence-corrected chi connectivity index (χ4v) is 3.36. The van der Waals surface area contributed by atoms with E-state index in [1.165, 1.54) is 18.4 Å². The number of amides is 1. The summed E-state index contributed by atoms with van der Waals surface area (Å²) in [5, 5.41) is 3.09. The molecule has 2 nitrogen and oxygen atoms in total. The van der Waals surface area contributed by atoms with Gasteiger partial charge in [-0.2, -0.15) is 0 Å². The number of carbonyl (C=O) groups is 1. The van der Waals surface area contributed by atoms with E-state index in [1.807, 2.05) is 25.1 Å². The number of rotatable bonds is 3. The van der Waals surface area contributed by atoms with Crippen LogP contribution in [0.2, 0.25) is 0 Å². The van der Waals surface area contributed by atoms with Crippen molar-refractivity contribution in [2.75, 3.05) is 5.32 Å². The van der Waals surface area contributed by atoms with Gasteiger partial charge in [0.25, 0.3) is 0 Å². The Morgan fingerprint density at radius 3 is 2.61 bits per heavy atom. The standard InChI is InChI=1S/C15H20BrNO/c1-3-15(8-4-5-9-15)14(18)17-13-7-6-11(2)10-12(13)16/h6-7,10H,3-5,8-9H2,1-2H3,(H,17,18). The van der Waals surface area contributed by atoms with Crippen LogP contribution in [-0.2, 0) is 4.79 Å².